The topological polar surface area (TPSA) is 34.2 Å². The van der Waals surface area contributed by atoms with Gasteiger partial charge in [0, 0.05) is 12.6 Å². The Morgan fingerprint density at radius 3 is 2.44 bits per heavy atom. The summed E-state index contributed by atoms with van der Waals surface area (Å²) in [4.78, 5) is 3.76. The lowest BCUT2D eigenvalue weighted by atomic mass is 10.2. The molecule has 0 aliphatic carbocycles. The van der Waals surface area contributed by atoms with Crippen molar-refractivity contribution < 1.29 is 13.5 Å². The van der Waals surface area contributed by atoms with E-state index in [2.05, 4.69) is 10.3 Å². The first kappa shape index (κ1) is 12.7. The second-order valence-corrected chi connectivity index (χ2v) is 4.35. The van der Waals surface area contributed by atoms with Gasteiger partial charge in [0.2, 0.25) is 0 Å². The highest BCUT2D eigenvalue weighted by molar-refractivity contribution is 5.39. The van der Waals surface area contributed by atoms with Gasteiger partial charge >= 0.3 is 0 Å². The predicted octanol–water partition coefficient (Wildman–Crippen LogP) is 2.97. The maximum Gasteiger partial charge on any atom is 0.253 e. The summed E-state index contributed by atoms with van der Waals surface area (Å²) in [5.41, 5.74) is -0.574. The smallest absolute Gasteiger partial charge is 0.253 e. The fraction of sp³-hybridized carbons (Fsp3) is 0.545. The molecule has 0 aliphatic rings. The molecule has 3 nitrogen and oxygen atoms in total. The van der Waals surface area contributed by atoms with Crippen molar-refractivity contribution in [2.75, 3.05) is 11.9 Å². The van der Waals surface area contributed by atoms with E-state index in [-0.39, 0.29) is 11.7 Å². The third-order valence-corrected chi connectivity index (χ3v) is 1.64. The molecule has 0 atom stereocenters. The van der Waals surface area contributed by atoms with Crippen molar-refractivity contribution in [2.45, 2.75) is 33.3 Å². The number of rotatable bonds is 3. The Kier molecular flexibility index (Phi) is 3.67. The quantitative estimate of drug-likeness (QED) is 0.866. The van der Waals surface area contributed by atoms with E-state index in [9.17, 15) is 8.78 Å². The largest absolute Gasteiger partial charge is 0.470 e. The summed E-state index contributed by atoms with van der Waals surface area (Å²) in [6.45, 7) is 7.61. The molecule has 0 aromatic carbocycles. The zero-order valence-corrected chi connectivity index (χ0v) is 9.90. The van der Waals surface area contributed by atoms with Crippen molar-refractivity contribution in [3.63, 3.8) is 0 Å². The third-order valence-electron chi connectivity index (χ3n) is 1.64. The first-order valence-electron chi connectivity index (χ1n) is 5.12. The molecular weight excluding hydrogens is 214 g/mol. The van der Waals surface area contributed by atoms with Crippen molar-refractivity contribution in [3.8, 4) is 5.88 Å². The number of anilines is 1. The van der Waals surface area contributed by atoms with Crippen LogP contribution in [0.15, 0.2) is 6.07 Å². The summed E-state index contributed by atoms with van der Waals surface area (Å²) < 4.78 is 31.9. The molecule has 0 radical (unpaired) electrons. The summed E-state index contributed by atoms with van der Waals surface area (Å²) in [5, 5.41) is 2.70. The number of pyridine rings is 1. The van der Waals surface area contributed by atoms with Crippen LogP contribution in [0.1, 0.15) is 27.7 Å². The van der Waals surface area contributed by atoms with Crippen LogP contribution in [0.5, 0.6) is 5.88 Å². The highest BCUT2D eigenvalue weighted by atomic mass is 19.1. The van der Waals surface area contributed by atoms with Crippen molar-refractivity contribution >= 4 is 5.82 Å². The number of aromatic nitrogens is 1. The van der Waals surface area contributed by atoms with Crippen molar-refractivity contribution in [1.82, 2.24) is 4.98 Å². The number of nitrogens with zero attached hydrogens (tertiary/aromatic N) is 1. The van der Waals surface area contributed by atoms with Crippen LogP contribution >= 0.6 is 0 Å². The molecule has 1 rings (SSSR count). The summed E-state index contributed by atoms with van der Waals surface area (Å²) in [6, 6.07) is 0.770. The molecule has 0 unspecified atom stereocenters. The maximum absolute atomic E-state index is 13.3. The van der Waals surface area contributed by atoms with Crippen molar-refractivity contribution in [2.24, 2.45) is 0 Å². The predicted molar refractivity (Wildman–Crippen MR) is 58.7 cm³/mol. The van der Waals surface area contributed by atoms with E-state index in [1.54, 1.807) is 27.7 Å². The minimum absolute atomic E-state index is 0.00292. The minimum atomic E-state index is -0.797. The number of hydrogen-bond donors (Lipinski definition) is 1. The summed E-state index contributed by atoms with van der Waals surface area (Å²) in [6.07, 6.45) is 0. The Bertz CT molecular complexity index is 375. The van der Waals surface area contributed by atoms with E-state index >= 15 is 0 Å². The first-order valence-corrected chi connectivity index (χ1v) is 5.12. The molecule has 0 spiro atoms. The highest BCUT2D eigenvalue weighted by Gasteiger charge is 2.18. The van der Waals surface area contributed by atoms with Gasteiger partial charge in [-0.25, -0.2) is 8.78 Å². The number of nitrogens with one attached hydrogen (secondary N) is 1. The van der Waals surface area contributed by atoms with Crippen LogP contribution in [0.3, 0.4) is 0 Å². The van der Waals surface area contributed by atoms with Crippen LogP contribution < -0.4 is 10.1 Å². The molecule has 1 heterocycles. The van der Waals surface area contributed by atoms with E-state index in [0.29, 0.717) is 6.54 Å². The minimum Gasteiger partial charge on any atom is -0.470 e. The van der Waals surface area contributed by atoms with E-state index in [1.165, 1.54) is 0 Å². The highest BCUT2D eigenvalue weighted by Crippen LogP contribution is 2.23. The van der Waals surface area contributed by atoms with Crippen LogP contribution in [0, 0.1) is 11.6 Å². The molecule has 16 heavy (non-hydrogen) atoms. The Morgan fingerprint density at radius 1 is 1.31 bits per heavy atom. The van der Waals surface area contributed by atoms with Gasteiger partial charge in [0.15, 0.2) is 17.5 Å². The van der Waals surface area contributed by atoms with E-state index in [4.69, 9.17) is 4.74 Å². The second kappa shape index (κ2) is 4.63. The van der Waals surface area contributed by atoms with Crippen LogP contribution in [0.25, 0.3) is 0 Å². The van der Waals surface area contributed by atoms with Gasteiger partial charge in [-0.15, -0.1) is 0 Å². The van der Waals surface area contributed by atoms with Gasteiger partial charge in [-0.3, -0.25) is 0 Å². The van der Waals surface area contributed by atoms with Crippen LogP contribution in [0.4, 0.5) is 14.6 Å². The zero-order valence-electron chi connectivity index (χ0n) is 9.90. The summed E-state index contributed by atoms with van der Waals surface area (Å²) in [7, 11) is 0. The molecule has 0 bridgehead atoms. The molecule has 0 amide bonds. The molecule has 0 fully saturated rings. The molecular formula is C11H16F2N2O. The van der Waals surface area contributed by atoms with Gasteiger partial charge in [0.1, 0.15) is 5.60 Å². The van der Waals surface area contributed by atoms with Crippen LogP contribution in [0.2, 0.25) is 0 Å². The lowest BCUT2D eigenvalue weighted by Crippen LogP contribution is -2.24. The van der Waals surface area contributed by atoms with E-state index in [0.717, 1.165) is 6.07 Å². The maximum atomic E-state index is 13.3. The summed E-state index contributed by atoms with van der Waals surface area (Å²) in [5.74, 6) is -1.71. The standard InChI is InChI=1S/C11H16F2N2O/c1-5-14-9-7(12)6-8(13)10(15-9)16-11(2,3)4/h6H,5H2,1-4H3,(H,14,15). The Morgan fingerprint density at radius 2 is 1.94 bits per heavy atom. The zero-order chi connectivity index (χ0) is 12.3. The number of halogens is 2. The second-order valence-electron chi connectivity index (χ2n) is 4.35. The normalized spacial score (nSPS) is 11.4. The van der Waals surface area contributed by atoms with Crippen LogP contribution in [-0.4, -0.2) is 17.1 Å². The third kappa shape index (κ3) is 3.32. The Balaban J connectivity index is 3.04. The SMILES string of the molecule is CCNc1nc(OC(C)(C)C)c(F)cc1F. The molecule has 1 aromatic heterocycles. The van der Waals surface area contributed by atoms with Gasteiger partial charge in [-0.05, 0) is 27.7 Å². The lowest BCUT2D eigenvalue weighted by molar-refractivity contribution is 0.117. The lowest BCUT2D eigenvalue weighted by Gasteiger charge is -2.21. The number of ether oxygens (including phenoxy) is 1. The molecule has 5 heteroatoms. The van der Waals surface area contributed by atoms with Gasteiger partial charge in [-0.1, -0.05) is 0 Å². The Labute approximate surface area is 93.8 Å². The van der Waals surface area contributed by atoms with E-state index in [1.807, 2.05) is 0 Å². The molecule has 0 aliphatic heterocycles. The fourth-order valence-electron chi connectivity index (χ4n) is 1.10. The average Bonchev–Trinajstić information content (AvgIpc) is 2.11. The van der Waals surface area contributed by atoms with E-state index < -0.39 is 17.2 Å². The molecule has 1 N–H and O–H groups in total. The van der Waals surface area contributed by atoms with Gasteiger partial charge < -0.3 is 10.1 Å². The molecule has 0 saturated heterocycles. The fourth-order valence-corrected chi connectivity index (χ4v) is 1.10. The van der Waals surface area contributed by atoms with Crippen LogP contribution in [-0.2, 0) is 0 Å². The molecule has 1 aromatic rings. The first-order chi connectivity index (χ1) is 7.33. The van der Waals surface area contributed by atoms with Crippen molar-refractivity contribution in [1.29, 1.82) is 0 Å². The molecule has 90 valence electrons. The van der Waals surface area contributed by atoms with Gasteiger partial charge in [0.25, 0.3) is 5.88 Å². The Hall–Kier alpha value is -1.39. The van der Waals surface area contributed by atoms with Crippen molar-refractivity contribution in [3.05, 3.63) is 17.7 Å². The monoisotopic (exact) mass is 230 g/mol. The van der Waals surface area contributed by atoms with Gasteiger partial charge in [0.05, 0.1) is 0 Å². The summed E-state index contributed by atoms with van der Waals surface area (Å²) >= 11 is 0. The average molecular weight is 230 g/mol. The molecule has 0 saturated carbocycles. The number of hydrogen-bond acceptors (Lipinski definition) is 3. The van der Waals surface area contributed by atoms with Gasteiger partial charge in [-0.2, -0.15) is 4.98 Å².